The highest BCUT2D eigenvalue weighted by Gasteiger charge is 2.70. The van der Waals surface area contributed by atoms with E-state index in [0.29, 0.717) is 18.3 Å². The van der Waals surface area contributed by atoms with Crippen molar-refractivity contribution in [3.63, 3.8) is 0 Å². The molecule has 180 valence electrons. The summed E-state index contributed by atoms with van der Waals surface area (Å²) >= 11 is 0. The third-order valence-electron chi connectivity index (χ3n) is 9.96. The van der Waals surface area contributed by atoms with Gasteiger partial charge in [-0.15, -0.1) is 0 Å². The average molecular weight is 479 g/mol. The van der Waals surface area contributed by atoms with Crippen molar-refractivity contribution in [3.8, 4) is 0 Å². The van der Waals surface area contributed by atoms with Crippen LogP contribution in [0, 0.1) is 34.0 Å². The van der Waals surface area contributed by atoms with Crippen molar-refractivity contribution in [2.75, 3.05) is 19.1 Å². The van der Waals surface area contributed by atoms with Crippen LogP contribution in [-0.4, -0.2) is 52.8 Å². The van der Waals surface area contributed by atoms with Gasteiger partial charge in [0.25, 0.3) is 20.2 Å². The second kappa shape index (κ2) is 7.14. The third-order valence-corrected chi connectivity index (χ3v) is 11.1. The lowest BCUT2D eigenvalue weighted by atomic mass is 9.39. The van der Waals surface area contributed by atoms with E-state index in [1.165, 1.54) is 0 Å². The number of fused-ring (bicyclic) bond motifs is 2. The Morgan fingerprint density at radius 3 is 2.19 bits per heavy atom. The van der Waals surface area contributed by atoms with Gasteiger partial charge in [-0.25, -0.2) is 0 Å². The van der Waals surface area contributed by atoms with Crippen LogP contribution in [-0.2, 0) is 28.6 Å². The molecule has 1 spiro atoms. The Morgan fingerprint density at radius 2 is 1.58 bits per heavy atom. The first-order valence-electron chi connectivity index (χ1n) is 11.5. The second-order valence-corrected chi connectivity index (χ2v) is 14.9. The normalized spacial score (nSPS) is 50.0. The molecule has 8 atom stereocenters. The number of hydrogen-bond acceptors (Lipinski definition) is 7. The van der Waals surface area contributed by atoms with Crippen molar-refractivity contribution in [2.45, 2.75) is 83.8 Å². The molecule has 9 heteroatoms. The van der Waals surface area contributed by atoms with Crippen LogP contribution in [0.25, 0.3) is 0 Å². The molecule has 0 aromatic carbocycles. The molecular weight excluding hydrogens is 440 g/mol. The molecule has 0 aromatic heterocycles. The molecule has 0 amide bonds. The first-order valence-corrected chi connectivity index (χ1v) is 15.1. The van der Waals surface area contributed by atoms with Crippen molar-refractivity contribution >= 4 is 20.2 Å². The number of rotatable bonds is 5. The van der Waals surface area contributed by atoms with Crippen LogP contribution >= 0.6 is 0 Å². The lowest BCUT2D eigenvalue weighted by Gasteiger charge is -2.66. The van der Waals surface area contributed by atoms with Crippen LogP contribution in [0.15, 0.2) is 0 Å². The van der Waals surface area contributed by atoms with Gasteiger partial charge in [0.15, 0.2) is 0 Å². The first-order chi connectivity index (χ1) is 14.0. The van der Waals surface area contributed by atoms with Crippen LogP contribution in [0.4, 0.5) is 0 Å². The van der Waals surface area contributed by atoms with E-state index >= 15 is 0 Å². The van der Waals surface area contributed by atoms with Crippen LogP contribution in [0.3, 0.4) is 0 Å². The Kier molecular flexibility index (Phi) is 5.51. The highest BCUT2D eigenvalue weighted by atomic mass is 32.2. The fourth-order valence-electron chi connectivity index (χ4n) is 8.39. The van der Waals surface area contributed by atoms with Crippen LogP contribution < -0.4 is 0 Å². The second-order valence-electron chi connectivity index (χ2n) is 11.7. The van der Waals surface area contributed by atoms with Crippen LogP contribution in [0.1, 0.15) is 72.1 Å². The molecule has 0 aromatic rings. The van der Waals surface area contributed by atoms with Gasteiger partial charge in [0.1, 0.15) is 0 Å². The summed E-state index contributed by atoms with van der Waals surface area (Å²) in [5.74, 6) is 0.936. The molecule has 4 aliphatic rings. The van der Waals surface area contributed by atoms with Gasteiger partial charge < -0.3 is 5.11 Å². The zero-order valence-electron chi connectivity index (χ0n) is 19.4. The van der Waals surface area contributed by atoms with Crippen molar-refractivity contribution in [2.24, 2.45) is 34.0 Å². The van der Waals surface area contributed by atoms with E-state index < -0.39 is 37.4 Å². The van der Waals surface area contributed by atoms with E-state index in [0.717, 1.165) is 57.5 Å². The minimum Gasteiger partial charge on any atom is -0.390 e. The minimum absolute atomic E-state index is 0.0752. The Hall–Kier alpha value is -0.220. The maximum Gasteiger partial charge on any atom is 0.264 e. The molecule has 4 aliphatic carbocycles. The molecule has 7 nitrogen and oxygen atoms in total. The molecule has 2 bridgehead atoms. The molecule has 31 heavy (non-hydrogen) atoms. The van der Waals surface area contributed by atoms with E-state index in [1.807, 2.05) is 13.8 Å². The molecule has 0 unspecified atom stereocenters. The number of aliphatic hydroxyl groups is 1. The monoisotopic (exact) mass is 478 g/mol. The van der Waals surface area contributed by atoms with Gasteiger partial charge in [0, 0.05) is 5.41 Å². The Morgan fingerprint density at radius 1 is 0.903 bits per heavy atom. The van der Waals surface area contributed by atoms with Crippen molar-refractivity contribution in [3.05, 3.63) is 0 Å². The summed E-state index contributed by atoms with van der Waals surface area (Å²) in [4.78, 5) is 0. The Labute approximate surface area is 187 Å². The fraction of sp³-hybridized carbons (Fsp3) is 1.00. The predicted molar refractivity (Wildman–Crippen MR) is 117 cm³/mol. The van der Waals surface area contributed by atoms with Crippen LogP contribution in [0.2, 0.25) is 0 Å². The summed E-state index contributed by atoms with van der Waals surface area (Å²) in [6.07, 6.45) is 8.59. The average Bonchev–Trinajstić information content (AvgIpc) is 2.97. The van der Waals surface area contributed by atoms with Crippen molar-refractivity contribution in [1.82, 2.24) is 0 Å². The molecule has 1 N–H and O–H groups in total. The minimum atomic E-state index is -3.70. The smallest absolute Gasteiger partial charge is 0.264 e. The highest BCUT2D eigenvalue weighted by molar-refractivity contribution is 7.86. The van der Waals surface area contributed by atoms with Gasteiger partial charge in [-0.1, -0.05) is 13.8 Å². The van der Waals surface area contributed by atoms with Crippen molar-refractivity contribution in [1.29, 1.82) is 0 Å². The molecule has 0 saturated heterocycles. The first kappa shape index (κ1) is 23.9. The SMILES string of the molecule is C[C@@]1(COS(C)(=O)=O)[C@H](OS(C)(=O)=O)CC[C@@]2(C)[C@H]1CC[C@H]1C[C@@H]3C[C@@]12CC[C@@]3(C)O. The zero-order valence-corrected chi connectivity index (χ0v) is 21.0. The van der Waals surface area contributed by atoms with Gasteiger partial charge in [-0.3, -0.25) is 8.37 Å². The molecule has 0 radical (unpaired) electrons. The Balaban J connectivity index is 1.74. The summed E-state index contributed by atoms with van der Waals surface area (Å²) in [6.45, 7) is 6.19. The molecule has 4 fully saturated rings. The predicted octanol–water partition coefficient (Wildman–Crippen LogP) is 3.08. The van der Waals surface area contributed by atoms with Gasteiger partial charge in [0.2, 0.25) is 0 Å². The largest absolute Gasteiger partial charge is 0.390 e. The summed E-state index contributed by atoms with van der Waals surface area (Å²) in [5, 5.41) is 11.0. The van der Waals surface area contributed by atoms with E-state index in [9.17, 15) is 21.9 Å². The number of hydrogen-bond donors (Lipinski definition) is 1. The molecule has 4 saturated carbocycles. The van der Waals surface area contributed by atoms with E-state index in [4.69, 9.17) is 8.37 Å². The molecule has 0 aliphatic heterocycles. The summed E-state index contributed by atoms with van der Waals surface area (Å²) < 4.78 is 58.7. The summed E-state index contributed by atoms with van der Waals surface area (Å²) in [7, 11) is -7.37. The summed E-state index contributed by atoms with van der Waals surface area (Å²) in [5.41, 5.74) is -1.33. The van der Waals surface area contributed by atoms with E-state index in [1.54, 1.807) is 0 Å². The maximum atomic E-state index is 12.0. The third kappa shape index (κ3) is 3.80. The maximum absolute atomic E-state index is 12.0. The zero-order chi connectivity index (χ0) is 23.1. The molecule has 0 heterocycles. The Bertz CT molecular complexity index is 943. The van der Waals surface area contributed by atoms with Crippen molar-refractivity contribution < 1.29 is 30.3 Å². The lowest BCUT2D eigenvalue weighted by Crippen LogP contribution is -2.63. The van der Waals surface area contributed by atoms with Gasteiger partial charge >= 0.3 is 0 Å². The standard InChI is InChI=1S/C22H38O7S2/c1-19(14-28-30(4,24)25)17-7-6-15-12-16-13-22(15,11-10-21(16,3)23)20(17,2)9-8-18(19)29-31(5,26)27/h15-18,23H,6-14H2,1-5H3/t15-,16+,17-,18+,19-,20-,21+,22-/m0/s1. The van der Waals surface area contributed by atoms with E-state index in [-0.39, 0.29) is 23.4 Å². The van der Waals surface area contributed by atoms with Gasteiger partial charge in [-0.05, 0) is 86.9 Å². The quantitative estimate of drug-likeness (QED) is 0.605. The topological polar surface area (TPSA) is 107 Å². The summed E-state index contributed by atoms with van der Waals surface area (Å²) in [6, 6.07) is 0. The van der Waals surface area contributed by atoms with Crippen LogP contribution in [0.5, 0.6) is 0 Å². The highest BCUT2D eigenvalue weighted by Crippen LogP contribution is 2.75. The van der Waals surface area contributed by atoms with Gasteiger partial charge in [-0.2, -0.15) is 16.8 Å². The fourth-order valence-corrected chi connectivity index (χ4v) is 9.60. The molecule has 4 rings (SSSR count). The lowest BCUT2D eigenvalue weighted by molar-refractivity contribution is -0.206. The van der Waals surface area contributed by atoms with E-state index in [2.05, 4.69) is 6.92 Å². The van der Waals surface area contributed by atoms with Gasteiger partial charge in [0.05, 0.1) is 30.8 Å². The molecular formula is C22H38O7S2.